The molecule has 7 heteroatoms. The van der Waals surface area contributed by atoms with Gasteiger partial charge in [-0.05, 0) is 74.5 Å². The van der Waals surface area contributed by atoms with Crippen molar-refractivity contribution in [1.29, 1.82) is 0 Å². The van der Waals surface area contributed by atoms with Crippen LogP contribution in [0.3, 0.4) is 0 Å². The lowest BCUT2D eigenvalue weighted by Gasteiger charge is -2.40. The van der Waals surface area contributed by atoms with Crippen LogP contribution >= 0.6 is 0 Å². The van der Waals surface area contributed by atoms with Gasteiger partial charge in [-0.1, -0.05) is 49.1 Å². The Labute approximate surface area is 238 Å². The van der Waals surface area contributed by atoms with Crippen LogP contribution in [0.15, 0.2) is 78.9 Å². The molecule has 2 amide bonds. The standard InChI is InChI=1S/C33H39N5O2/c1-4-20-38(33(40)31(28-8-6-5-7-9-28)37-23-21-36(3)22-24-37)25(2)32(39)35-30-18-14-27(15-19-30)11-10-26-12-16-29(34)17-13-26/h5-9,12-19,25,31H,4,20-24,34H2,1-3H3,(H,35,39)/t25-,31?/m0/s1. The summed E-state index contributed by atoms with van der Waals surface area (Å²) in [5.74, 6) is 6.00. The third-order valence-corrected chi connectivity index (χ3v) is 7.26. The molecule has 3 aromatic rings. The molecule has 4 rings (SSSR count). The summed E-state index contributed by atoms with van der Waals surface area (Å²) in [4.78, 5) is 33.8. The molecule has 0 aromatic heterocycles. The third-order valence-electron chi connectivity index (χ3n) is 7.26. The molecular formula is C33H39N5O2. The molecule has 0 aliphatic carbocycles. The van der Waals surface area contributed by atoms with Gasteiger partial charge in [0, 0.05) is 55.2 Å². The first kappa shape index (κ1) is 28.9. The van der Waals surface area contributed by atoms with Crippen LogP contribution in [0.2, 0.25) is 0 Å². The maximum absolute atomic E-state index is 14.1. The monoisotopic (exact) mass is 537 g/mol. The van der Waals surface area contributed by atoms with Gasteiger partial charge in [-0.2, -0.15) is 0 Å². The van der Waals surface area contributed by atoms with Crippen molar-refractivity contribution in [1.82, 2.24) is 14.7 Å². The molecule has 3 aromatic carbocycles. The van der Waals surface area contributed by atoms with Crippen molar-refractivity contribution in [3.05, 3.63) is 95.6 Å². The number of anilines is 2. The van der Waals surface area contributed by atoms with Crippen molar-refractivity contribution in [3.63, 3.8) is 0 Å². The summed E-state index contributed by atoms with van der Waals surface area (Å²) in [6.07, 6.45) is 0.759. The third kappa shape index (κ3) is 7.50. The van der Waals surface area contributed by atoms with Gasteiger partial charge in [0.05, 0.1) is 0 Å². The van der Waals surface area contributed by atoms with E-state index >= 15 is 0 Å². The molecule has 208 valence electrons. The Kier molecular flexibility index (Phi) is 9.96. The van der Waals surface area contributed by atoms with E-state index < -0.39 is 12.1 Å². The van der Waals surface area contributed by atoms with Gasteiger partial charge in [0.1, 0.15) is 12.1 Å². The van der Waals surface area contributed by atoms with E-state index in [0.717, 1.165) is 49.3 Å². The highest BCUT2D eigenvalue weighted by molar-refractivity contribution is 5.97. The Hall–Kier alpha value is -4.12. The van der Waals surface area contributed by atoms with E-state index in [0.29, 0.717) is 17.9 Å². The normalized spacial score (nSPS) is 15.4. The van der Waals surface area contributed by atoms with Crippen molar-refractivity contribution >= 4 is 23.2 Å². The molecule has 0 spiro atoms. The number of piperazine rings is 1. The van der Waals surface area contributed by atoms with E-state index in [1.165, 1.54) is 0 Å². The first-order chi connectivity index (χ1) is 19.4. The molecular weight excluding hydrogens is 498 g/mol. The van der Waals surface area contributed by atoms with Crippen LogP contribution in [-0.4, -0.2) is 72.3 Å². The van der Waals surface area contributed by atoms with Crippen LogP contribution in [0.4, 0.5) is 11.4 Å². The molecule has 0 radical (unpaired) electrons. The second-order valence-corrected chi connectivity index (χ2v) is 10.3. The average molecular weight is 538 g/mol. The highest BCUT2D eigenvalue weighted by atomic mass is 16.2. The highest BCUT2D eigenvalue weighted by Gasteiger charge is 2.36. The lowest BCUT2D eigenvalue weighted by molar-refractivity contribution is -0.143. The predicted octanol–water partition coefficient (Wildman–Crippen LogP) is 4.22. The summed E-state index contributed by atoms with van der Waals surface area (Å²) < 4.78 is 0. The summed E-state index contributed by atoms with van der Waals surface area (Å²) in [5.41, 5.74) is 9.78. The van der Waals surface area contributed by atoms with Gasteiger partial charge in [0.2, 0.25) is 11.8 Å². The predicted molar refractivity (Wildman–Crippen MR) is 162 cm³/mol. The van der Waals surface area contributed by atoms with E-state index in [9.17, 15) is 9.59 Å². The Morgan fingerprint density at radius 3 is 2.05 bits per heavy atom. The van der Waals surface area contributed by atoms with Crippen molar-refractivity contribution in [3.8, 4) is 11.8 Å². The second-order valence-electron chi connectivity index (χ2n) is 10.3. The van der Waals surface area contributed by atoms with Crippen molar-refractivity contribution < 1.29 is 9.59 Å². The van der Waals surface area contributed by atoms with Crippen molar-refractivity contribution in [2.75, 3.05) is 50.8 Å². The van der Waals surface area contributed by atoms with Crippen LogP contribution in [0, 0.1) is 11.8 Å². The Morgan fingerprint density at radius 2 is 1.48 bits per heavy atom. The molecule has 1 heterocycles. The fourth-order valence-electron chi connectivity index (χ4n) is 4.85. The van der Waals surface area contributed by atoms with Crippen LogP contribution in [0.25, 0.3) is 0 Å². The summed E-state index contributed by atoms with van der Waals surface area (Å²) in [5, 5.41) is 2.99. The minimum Gasteiger partial charge on any atom is -0.399 e. The Morgan fingerprint density at radius 1 is 0.900 bits per heavy atom. The van der Waals surface area contributed by atoms with Gasteiger partial charge >= 0.3 is 0 Å². The zero-order valence-corrected chi connectivity index (χ0v) is 23.6. The van der Waals surface area contributed by atoms with Gasteiger partial charge in [0.25, 0.3) is 0 Å². The Balaban J connectivity index is 1.47. The average Bonchev–Trinajstić information content (AvgIpc) is 2.97. The lowest BCUT2D eigenvalue weighted by Crippen LogP contribution is -2.54. The molecule has 0 bridgehead atoms. The topological polar surface area (TPSA) is 81.9 Å². The number of nitrogens with zero attached hydrogens (tertiary/aromatic N) is 3. The number of hydrogen-bond donors (Lipinski definition) is 2. The number of nitrogens with one attached hydrogen (secondary N) is 1. The SMILES string of the molecule is CCCN(C(=O)C(c1ccccc1)N1CCN(C)CC1)[C@@H](C)C(=O)Nc1ccc(C#Cc2ccc(N)cc2)cc1. The molecule has 0 saturated carbocycles. The van der Waals surface area contributed by atoms with E-state index in [4.69, 9.17) is 5.73 Å². The van der Waals surface area contributed by atoms with Gasteiger partial charge in [-0.3, -0.25) is 14.5 Å². The molecule has 2 atom stereocenters. The highest BCUT2D eigenvalue weighted by Crippen LogP contribution is 2.26. The lowest BCUT2D eigenvalue weighted by atomic mass is 10.0. The van der Waals surface area contributed by atoms with Crippen molar-refractivity contribution in [2.24, 2.45) is 0 Å². The smallest absolute Gasteiger partial charge is 0.246 e. The maximum atomic E-state index is 14.1. The maximum Gasteiger partial charge on any atom is 0.246 e. The zero-order chi connectivity index (χ0) is 28.5. The number of benzene rings is 3. The minimum absolute atomic E-state index is 0.0338. The summed E-state index contributed by atoms with van der Waals surface area (Å²) in [6, 6.07) is 23.7. The fraction of sp³-hybridized carbons (Fsp3) is 0.333. The summed E-state index contributed by atoms with van der Waals surface area (Å²) in [7, 11) is 2.10. The summed E-state index contributed by atoms with van der Waals surface area (Å²) in [6.45, 7) is 7.75. The van der Waals surface area contributed by atoms with E-state index in [1.807, 2.05) is 85.8 Å². The Bertz CT molecular complexity index is 1320. The molecule has 1 unspecified atom stereocenters. The molecule has 40 heavy (non-hydrogen) atoms. The number of nitrogens with two attached hydrogens (primary N) is 1. The van der Waals surface area contributed by atoms with Crippen LogP contribution in [0.5, 0.6) is 0 Å². The molecule has 1 aliphatic heterocycles. The molecule has 7 nitrogen and oxygen atoms in total. The zero-order valence-electron chi connectivity index (χ0n) is 23.6. The minimum atomic E-state index is -0.629. The molecule has 1 saturated heterocycles. The van der Waals surface area contributed by atoms with Gasteiger partial charge < -0.3 is 20.9 Å². The van der Waals surface area contributed by atoms with Crippen LogP contribution in [-0.2, 0) is 9.59 Å². The van der Waals surface area contributed by atoms with E-state index in [1.54, 1.807) is 11.8 Å². The number of hydrogen-bond acceptors (Lipinski definition) is 5. The number of carbonyl (C=O) groups is 2. The van der Waals surface area contributed by atoms with E-state index in [2.05, 4.69) is 34.0 Å². The second kappa shape index (κ2) is 13.8. The number of rotatable bonds is 8. The van der Waals surface area contributed by atoms with Gasteiger partial charge in [-0.15, -0.1) is 0 Å². The van der Waals surface area contributed by atoms with Crippen LogP contribution in [0.1, 0.15) is 43.0 Å². The molecule has 3 N–H and O–H groups in total. The summed E-state index contributed by atoms with van der Waals surface area (Å²) >= 11 is 0. The van der Waals surface area contributed by atoms with Crippen molar-refractivity contribution in [2.45, 2.75) is 32.4 Å². The molecule has 1 aliphatic rings. The fourth-order valence-corrected chi connectivity index (χ4v) is 4.85. The number of amides is 2. The van der Waals surface area contributed by atoms with Crippen LogP contribution < -0.4 is 11.1 Å². The first-order valence-corrected chi connectivity index (χ1v) is 13.9. The first-order valence-electron chi connectivity index (χ1n) is 13.9. The number of nitrogen functional groups attached to an aromatic ring is 1. The van der Waals surface area contributed by atoms with E-state index in [-0.39, 0.29) is 11.8 Å². The quantitative estimate of drug-likeness (QED) is 0.332. The molecule has 1 fully saturated rings. The number of carbonyl (C=O) groups excluding carboxylic acids is 2. The van der Waals surface area contributed by atoms with Gasteiger partial charge in [0.15, 0.2) is 0 Å². The number of likely N-dealkylation sites (N-methyl/N-ethyl adjacent to an activating group) is 1. The largest absolute Gasteiger partial charge is 0.399 e. The van der Waals surface area contributed by atoms with Gasteiger partial charge in [-0.25, -0.2) is 0 Å².